The third-order valence-corrected chi connectivity index (χ3v) is 19.7. The number of aliphatic hydroxyl groups is 4. The Morgan fingerprint density at radius 3 is 1.35 bits per heavy atom. The van der Waals surface area contributed by atoms with Gasteiger partial charge in [0, 0.05) is 58.4 Å². The predicted octanol–water partition coefficient (Wildman–Crippen LogP) is 11.4. The molecule has 0 bridgehead atoms. The highest BCUT2D eigenvalue weighted by Crippen LogP contribution is 2.40. The molecule has 10 atom stereocenters. The molecule has 0 unspecified atom stereocenters. The van der Waals surface area contributed by atoms with Crippen LogP contribution < -0.4 is 32.3 Å². The molecule has 2 aliphatic rings. The Morgan fingerprint density at radius 2 is 0.981 bits per heavy atom. The van der Waals surface area contributed by atoms with Crippen molar-refractivity contribution in [3.63, 3.8) is 0 Å². The lowest BCUT2D eigenvalue weighted by Crippen LogP contribution is -2.49. The molecule has 6 amide bonds. The van der Waals surface area contributed by atoms with Crippen molar-refractivity contribution in [1.82, 2.24) is 61.1 Å². The summed E-state index contributed by atoms with van der Waals surface area (Å²) in [5, 5.41) is 54.2. The Morgan fingerprint density at radius 1 is 0.590 bits per heavy atom. The molecule has 105 heavy (non-hydrogen) atoms. The third kappa shape index (κ3) is 35.6. The van der Waals surface area contributed by atoms with Gasteiger partial charge in [-0.3, -0.25) is 24.0 Å². The zero-order valence-corrected chi connectivity index (χ0v) is 69.9. The number of fused-ring (bicyclic) bond motifs is 2. The number of nitrogens with two attached hydrogens (primary N) is 1. The standard InChI is InChI=1S/C22H36N4O3Si.C16H22N4O2.C11H23NO3.C10H20N2O4.C10H19NO3.C6H15NO/c1-7-22(3,28)15(2)24-21(27)17-13-26(14-29-10-11-30(4,5)6)20-19(17)25-18(12-23-20)16-8-9-16;1-4-16(3,22)9(2)19-15(21)11-7-17-14-13(11)20-12(8-18-14)10-5-6-10;1-7-11(6,14)8(2)12-9(13)15-10(3,4)5;1-7(8(13)12(5)15-6)11-9(14)16-10(2,3)4;1-6-8(12)7(2)11-9(13)14-10(3,4)5;1-4-6(3,8)5(2)7/h12-13,15-16,28H,7-11,14H2,1-6H3,(H,24,27);7-10,22H,4-6H2,1-3H3,(H,17,18)(H,19,21);8,14H,7H2,1-6H3,(H,12,13);7H,1-6H3,(H,11,14);7H,6H2,1-5H3,(H,11,13);5,8H,4,7H2,1-3H3/t15-,22+;9-,16+;8-,11+;2*7-;5-,6+/m000000/s1. The summed E-state index contributed by atoms with van der Waals surface area (Å²) in [6.45, 7) is 50.6. The summed E-state index contributed by atoms with van der Waals surface area (Å²) in [6.07, 6.45) is 12.7. The molecule has 600 valence electrons. The van der Waals surface area contributed by atoms with Crippen LogP contribution in [0.4, 0.5) is 14.4 Å². The average molecular weight is 1500 g/mol. The summed E-state index contributed by atoms with van der Waals surface area (Å²) in [5.74, 6) is 0.0969. The molecule has 4 aromatic rings. The topological polar surface area (TPSA) is 408 Å². The number of hydrogen-bond acceptors (Lipinski definition) is 21. The van der Waals surface area contributed by atoms with Crippen LogP contribution in [-0.4, -0.2) is 201 Å². The Balaban J connectivity index is 0.000000659. The lowest BCUT2D eigenvalue weighted by molar-refractivity contribution is -0.170. The number of likely N-dealkylation sites (N-methyl/N-ethyl adjacent to an activating group) is 1. The van der Waals surface area contributed by atoms with Crippen molar-refractivity contribution in [1.29, 1.82) is 0 Å². The highest BCUT2D eigenvalue weighted by atomic mass is 28.3. The maximum Gasteiger partial charge on any atom is 0.408 e. The van der Waals surface area contributed by atoms with E-state index in [1.165, 1.54) is 14.2 Å². The molecule has 0 saturated heterocycles. The van der Waals surface area contributed by atoms with Crippen LogP contribution in [0.5, 0.6) is 0 Å². The maximum atomic E-state index is 13.1. The number of Topliss-reactive ketones (excluding diaryl/α,β-unsaturated/α-hetero) is 1. The first kappa shape index (κ1) is 96.1. The van der Waals surface area contributed by atoms with Crippen LogP contribution in [0.25, 0.3) is 22.3 Å². The van der Waals surface area contributed by atoms with Gasteiger partial charge in [0.1, 0.15) is 40.6 Å². The van der Waals surface area contributed by atoms with Crippen molar-refractivity contribution < 1.29 is 77.8 Å². The molecule has 2 fully saturated rings. The molecule has 29 nitrogen and oxygen atoms in total. The minimum Gasteiger partial charge on any atom is -0.444 e. The van der Waals surface area contributed by atoms with E-state index >= 15 is 0 Å². The SMILES string of the molecule is CCC(=O)[C@H](C)NC(=O)OC(C)(C)C.CC[C@@](C)(O)[C@H](C)N.CC[C@@](C)(O)[C@H](C)NC(=O)OC(C)(C)C.CC[C@@](C)(O)[C@H](C)NC(=O)c1c[nH]c2ncc(C3CC3)nc12.CC[C@@](C)(O)[C@H](C)NC(=O)c1cn(COCC[Si](C)(C)C)c2ncc(C3CC3)nc12.CON(C)C(=O)[C@H](C)NC(=O)OC(C)(C)C. The summed E-state index contributed by atoms with van der Waals surface area (Å²) in [5.41, 5.74) is 5.65. The first-order valence-electron chi connectivity index (χ1n) is 36.8. The summed E-state index contributed by atoms with van der Waals surface area (Å²) < 4.78 is 22.9. The van der Waals surface area contributed by atoms with E-state index in [-0.39, 0.29) is 47.7 Å². The summed E-state index contributed by atoms with van der Waals surface area (Å²) in [6, 6.07) is -1.30. The maximum absolute atomic E-state index is 13.1. The van der Waals surface area contributed by atoms with E-state index in [0.717, 1.165) is 48.2 Å². The molecular formula is C75H135N13O16Si. The molecule has 30 heteroatoms. The smallest absolute Gasteiger partial charge is 0.408 e. The lowest BCUT2D eigenvalue weighted by Gasteiger charge is -2.30. The second-order valence-corrected chi connectivity index (χ2v) is 38.2. The molecule has 4 heterocycles. The fourth-order valence-electron chi connectivity index (χ4n) is 8.62. The van der Waals surface area contributed by atoms with Gasteiger partial charge < -0.3 is 81.2 Å². The van der Waals surface area contributed by atoms with Crippen molar-refractivity contribution in [2.75, 3.05) is 20.8 Å². The number of hydrogen-bond donors (Lipinski definition) is 11. The van der Waals surface area contributed by atoms with Crippen molar-refractivity contribution in [2.24, 2.45) is 5.73 Å². The number of carbonyl (C=O) groups is 7. The molecule has 2 saturated carbocycles. The molecular weight excluding hydrogens is 1370 g/mol. The molecule has 6 rings (SSSR count). The van der Waals surface area contributed by atoms with Gasteiger partial charge in [0.15, 0.2) is 17.1 Å². The summed E-state index contributed by atoms with van der Waals surface area (Å²) >= 11 is 0. The van der Waals surface area contributed by atoms with Gasteiger partial charge in [-0.15, -0.1) is 0 Å². The number of alkyl carbamates (subject to hydrolysis) is 3. The molecule has 0 aliphatic heterocycles. The van der Waals surface area contributed by atoms with Crippen LogP contribution in [0.15, 0.2) is 24.8 Å². The number of ether oxygens (including phenoxy) is 4. The Hall–Kier alpha value is -6.93. The van der Waals surface area contributed by atoms with Crippen molar-refractivity contribution in [2.45, 2.75) is 344 Å². The van der Waals surface area contributed by atoms with Crippen LogP contribution >= 0.6 is 0 Å². The number of H-pyrrole nitrogens is 1. The zero-order valence-electron chi connectivity index (χ0n) is 68.9. The Bertz CT molecular complexity index is 3390. The van der Waals surface area contributed by atoms with Crippen LogP contribution in [-0.2, 0) is 40.1 Å². The van der Waals surface area contributed by atoms with Gasteiger partial charge in [0.2, 0.25) is 0 Å². The number of rotatable bonds is 26. The average Bonchev–Trinajstić information content (AvgIpc) is 1.63. The number of nitrogens with zero attached hydrogens (tertiary/aromatic N) is 6. The van der Waals surface area contributed by atoms with Crippen molar-refractivity contribution in [3.05, 3.63) is 47.3 Å². The molecule has 2 aliphatic carbocycles. The molecule has 0 radical (unpaired) electrons. The number of amides is 6. The second-order valence-electron chi connectivity index (χ2n) is 32.5. The van der Waals surface area contributed by atoms with Crippen LogP contribution in [0.3, 0.4) is 0 Å². The highest BCUT2D eigenvalue weighted by Gasteiger charge is 2.34. The Kier molecular flexibility index (Phi) is 37.9. The van der Waals surface area contributed by atoms with Gasteiger partial charge in [-0.2, -0.15) is 0 Å². The molecule has 0 spiro atoms. The van der Waals surface area contributed by atoms with Gasteiger partial charge in [-0.1, -0.05) is 54.3 Å². The van der Waals surface area contributed by atoms with Crippen LogP contribution in [0.2, 0.25) is 25.7 Å². The first-order valence-corrected chi connectivity index (χ1v) is 40.5. The van der Waals surface area contributed by atoms with E-state index < -0.39 is 77.6 Å². The molecule has 12 N–H and O–H groups in total. The number of hydroxylamine groups is 2. The van der Waals surface area contributed by atoms with E-state index in [0.29, 0.717) is 90.7 Å². The number of aromatic amines is 1. The second kappa shape index (κ2) is 41.4. The number of nitrogens with one attached hydrogen (secondary N) is 6. The number of carbonyl (C=O) groups excluding carboxylic acids is 7. The van der Waals surface area contributed by atoms with E-state index in [2.05, 4.69) is 66.2 Å². The molecule has 4 aromatic heterocycles. The highest BCUT2D eigenvalue weighted by molar-refractivity contribution is 6.76. The number of aromatic nitrogens is 6. The van der Waals surface area contributed by atoms with Gasteiger partial charge in [0.05, 0.1) is 88.6 Å². The van der Waals surface area contributed by atoms with E-state index in [9.17, 15) is 54.0 Å². The molecule has 0 aromatic carbocycles. The number of ketones is 1. The first-order chi connectivity index (χ1) is 47.9. The van der Waals surface area contributed by atoms with Gasteiger partial charge in [-0.05, 0) is 189 Å². The summed E-state index contributed by atoms with van der Waals surface area (Å²) in [7, 11) is 1.68. The van der Waals surface area contributed by atoms with E-state index in [1.807, 2.05) is 52.3 Å². The van der Waals surface area contributed by atoms with Gasteiger partial charge >= 0.3 is 18.3 Å². The monoisotopic (exact) mass is 1500 g/mol. The minimum atomic E-state index is -1.16. The third-order valence-electron chi connectivity index (χ3n) is 18.0. The fourth-order valence-corrected chi connectivity index (χ4v) is 9.38. The van der Waals surface area contributed by atoms with Crippen LogP contribution in [0.1, 0.15) is 268 Å². The van der Waals surface area contributed by atoms with Crippen molar-refractivity contribution in [3.8, 4) is 0 Å². The zero-order chi connectivity index (χ0) is 81.4. The quantitative estimate of drug-likeness (QED) is 0.0120. The minimum absolute atomic E-state index is 0.00383. The van der Waals surface area contributed by atoms with E-state index in [1.54, 1.807) is 143 Å². The van der Waals surface area contributed by atoms with Gasteiger partial charge in [-0.25, -0.2) is 39.4 Å². The Labute approximate surface area is 625 Å². The van der Waals surface area contributed by atoms with E-state index in [4.69, 9.17) is 34.5 Å². The van der Waals surface area contributed by atoms with Crippen LogP contribution in [0, 0.1) is 0 Å². The predicted molar refractivity (Wildman–Crippen MR) is 412 cm³/mol. The van der Waals surface area contributed by atoms with Gasteiger partial charge in [0.25, 0.3) is 17.7 Å². The summed E-state index contributed by atoms with van der Waals surface area (Å²) in [4.78, 5) is 108. The normalized spacial score (nSPS) is 17.0. The largest absolute Gasteiger partial charge is 0.444 e. The fraction of sp³-hybridized carbons (Fsp3) is 0.747. The van der Waals surface area contributed by atoms with Crippen molar-refractivity contribution >= 4 is 72.2 Å². The lowest BCUT2D eigenvalue weighted by atomic mass is 9.95.